The third kappa shape index (κ3) is 4.04. The summed E-state index contributed by atoms with van der Waals surface area (Å²) in [5.74, 6) is -0.966. The average molecular weight is 175 g/mol. The summed E-state index contributed by atoms with van der Waals surface area (Å²) in [6, 6.07) is 0. The van der Waals surface area contributed by atoms with Crippen LogP contribution in [0.4, 0.5) is 0 Å². The highest BCUT2D eigenvalue weighted by Gasteiger charge is 2.00. The van der Waals surface area contributed by atoms with Crippen LogP contribution in [0.1, 0.15) is 10.5 Å². The first-order chi connectivity index (χ1) is 5.22. The number of rotatable bonds is 1. The molecule has 1 heterocycles. The first-order valence-corrected chi connectivity index (χ1v) is 3.36. The Morgan fingerprint density at radius 2 is 2.27 bits per heavy atom. The van der Waals surface area contributed by atoms with Crippen molar-refractivity contribution in [2.24, 2.45) is 0 Å². The van der Waals surface area contributed by atoms with Gasteiger partial charge in [0.1, 0.15) is 0 Å². The second-order valence-electron chi connectivity index (χ2n) is 1.28. The molecule has 5 nitrogen and oxygen atoms in total. The molecule has 0 bridgehead atoms. The van der Waals surface area contributed by atoms with Gasteiger partial charge in [-0.2, -0.15) is 0 Å². The summed E-state index contributed by atoms with van der Waals surface area (Å²) in [4.78, 5) is 21.9. The molecule has 0 aliphatic heterocycles. The van der Waals surface area contributed by atoms with Crippen molar-refractivity contribution < 1.29 is 19.8 Å². The number of hydrogen-bond acceptors (Lipinski definition) is 4. The highest BCUT2D eigenvalue weighted by Crippen LogP contribution is 1.98. The summed E-state index contributed by atoms with van der Waals surface area (Å²) in [5.41, 5.74) is 1.61. The molecule has 0 aliphatic rings. The number of carbonyl (C=O) groups is 2. The molecule has 0 spiro atoms. The lowest BCUT2D eigenvalue weighted by atomic mass is 10.5. The predicted molar refractivity (Wildman–Crippen MR) is 37.8 cm³/mol. The number of carboxylic acids is 1. The number of hydrogen-bond donors (Lipinski definition) is 2. The van der Waals surface area contributed by atoms with Gasteiger partial charge in [-0.3, -0.25) is 4.79 Å². The summed E-state index contributed by atoms with van der Waals surface area (Å²) in [7, 11) is 0. The second kappa shape index (κ2) is 5.36. The summed E-state index contributed by atoms with van der Waals surface area (Å²) < 4.78 is 0. The van der Waals surface area contributed by atoms with E-state index >= 15 is 0 Å². The zero-order valence-electron chi connectivity index (χ0n) is 5.30. The van der Waals surface area contributed by atoms with Gasteiger partial charge in [0.15, 0.2) is 5.69 Å². The maximum absolute atomic E-state index is 10.0. The van der Waals surface area contributed by atoms with E-state index in [-0.39, 0.29) is 12.2 Å². The van der Waals surface area contributed by atoms with Crippen LogP contribution in [0.5, 0.6) is 0 Å². The predicted octanol–water partition coefficient (Wildman–Crippen LogP) is 0.542. The second-order valence-corrected chi connectivity index (χ2v) is 2.00. The SMILES string of the molecule is O=C(O)c1cscn1.O=CO. The lowest BCUT2D eigenvalue weighted by Gasteiger charge is -1.77. The van der Waals surface area contributed by atoms with Gasteiger partial charge in [0.25, 0.3) is 6.47 Å². The van der Waals surface area contributed by atoms with Crippen LogP contribution in [-0.4, -0.2) is 27.6 Å². The van der Waals surface area contributed by atoms with Crippen LogP contribution in [0.2, 0.25) is 0 Å². The summed E-state index contributed by atoms with van der Waals surface area (Å²) in [5, 5.41) is 16.6. The van der Waals surface area contributed by atoms with E-state index in [1.807, 2.05) is 0 Å². The molecule has 0 aromatic carbocycles. The van der Waals surface area contributed by atoms with E-state index < -0.39 is 5.97 Å². The van der Waals surface area contributed by atoms with Gasteiger partial charge < -0.3 is 10.2 Å². The molecule has 0 atom stereocenters. The molecule has 0 fully saturated rings. The van der Waals surface area contributed by atoms with Crippen LogP contribution in [-0.2, 0) is 4.79 Å². The fourth-order valence-electron chi connectivity index (χ4n) is 0.318. The number of aromatic carboxylic acids is 1. The van der Waals surface area contributed by atoms with E-state index in [0.29, 0.717) is 0 Å². The number of nitrogens with zero attached hydrogens (tertiary/aromatic N) is 1. The molecule has 0 amide bonds. The molecule has 11 heavy (non-hydrogen) atoms. The molecule has 0 aliphatic carbocycles. The van der Waals surface area contributed by atoms with Crippen molar-refractivity contribution in [1.82, 2.24) is 4.98 Å². The maximum Gasteiger partial charge on any atom is 0.355 e. The van der Waals surface area contributed by atoms with Gasteiger partial charge in [0, 0.05) is 5.38 Å². The topological polar surface area (TPSA) is 87.5 Å². The van der Waals surface area contributed by atoms with Crippen LogP contribution >= 0.6 is 11.3 Å². The smallest absolute Gasteiger partial charge is 0.355 e. The van der Waals surface area contributed by atoms with Crippen molar-refractivity contribution in [3.8, 4) is 0 Å². The van der Waals surface area contributed by atoms with E-state index in [0.717, 1.165) is 0 Å². The normalized spacial score (nSPS) is 7.64. The van der Waals surface area contributed by atoms with E-state index in [9.17, 15) is 4.79 Å². The third-order valence-electron chi connectivity index (χ3n) is 0.651. The van der Waals surface area contributed by atoms with Crippen molar-refractivity contribution in [1.29, 1.82) is 0 Å². The van der Waals surface area contributed by atoms with E-state index in [2.05, 4.69) is 4.98 Å². The zero-order valence-corrected chi connectivity index (χ0v) is 6.11. The minimum absolute atomic E-state index is 0.120. The van der Waals surface area contributed by atoms with Crippen molar-refractivity contribution in [3.05, 3.63) is 16.6 Å². The van der Waals surface area contributed by atoms with Crippen LogP contribution in [0.3, 0.4) is 0 Å². The Labute approximate surface area is 65.9 Å². The Morgan fingerprint density at radius 1 is 1.73 bits per heavy atom. The summed E-state index contributed by atoms with van der Waals surface area (Å²) in [6.07, 6.45) is 0. The lowest BCUT2D eigenvalue weighted by Crippen LogP contribution is -1.94. The molecule has 0 unspecified atom stereocenters. The fourth-order valence-corrected chi connectivity index (χ4v) is 0.844. The van der Waals surface area contributed by atoms with Crippen molar-refractivity contribution in [2.75, 3.05) is 0 Å². The van der Waals surface area contributed by atoms with Gasteiger partial charge in [-0.05, 0) is 0 Å². The molecule has 1 aromatic rings. The molecule has 1 rings (SSSR count). The van der Waals surface area contributed by atoms with Gasteiger partial charge >= 0.3 is 5.97 Å². The van der Waals surface area contributed by atoms with Gasteiger partial charge in [0.05, 0.1) is 5.51 Å². The summed E-state index contributed by atoms with van der Waals surface area (Å²) in [6.45, 7) is -0.250. The maximum atomic E-state index is 10.0. The first-order valence-electron chi connectivity index (χ1n) is 2.41. The van der Waals surface area contributed by atoms with E-state index in [1.165, 1.54) is 22.2 Å². The van der Waals surface area contributed by atoms with Gasteiger partial charge in [0.2, 0.25) is 0 Å². The molecule has 0 saturated carbocycles. The summed E-state index contributed by atoms with van der Waals surface area (Å²) >= 11 is 1.28. The highest BCUT2D eigenvalue weighted by atomic mass is 32.1. The van der Waals surface area contributed by atoms with Gasteiger partial charge in [-0.25, -0.2) is 9.78 Å². The average Bonchev–Trinajstić information content (AvgIpc) is 2.38. The quantitative estimate of drug-likeness (QED) is 0.608. The Kier molecular flexibility index (Phi) is 4.67. The lowest BCUT2D eigenvalue weighted by molar-refractivity contribution is -0.122. The Bertz CT molecular complexity index is 220. The standard InChI is InChI=1S/C4H3NO2S.CH2O2/c6-4(7)3-1-8-2-5-3;2-1-3/h1-2H,(H,6,7);1H,(H,2,3). The van der Waals surface area contributed by atoms with E-state index in [4.69, 9.17) is 15.0 Å². The molecule has 60 valence electrons. The molecular formula is C5H5NO4S. The van der Waals surface area contributed by atoms with Crippen LogP contribution in [0.25, 0.3) is 0 Å². The van der Waals surface area contributed by atoms with Crippen LogP contribution in [0.15, 0.2) is 10.9 Å². The molecule has 0 radical (unpaired) electrons. The minimum atomic E-state index is -0.966. The largest absolute Gasteiger partial charge is 0.483 e. The molecule has 0 saturated heterocycles. The monoisotopic (exact) mass is 175 g/mol. The zero-order chi connectivity index (χ0) is 8.69. The Morgan fingerprint density at radius 3 is 2.45 bits per heavy atom. The van der Waals surface area contributed by atoms with Crippen molar-refractivity contribution in [2.45, 2.75) is 0 Å². The highest BCUT2D eigenvalue weighted by molar-refractivity contribution is 7.07. The number of thiazole rings is 1. The molecule has 6 heteroatoms. The van der Waals surface area contributed by atoms with Gasteiger partial charge in [-0.15, -0.1) is 11.3 Å². The van der Waals surface area contributed by atoms with Crippen molar-refractivity contribution >= 4 is 23.8 Å². The van der Waals surface area contributed by atoms with E-state index in [1.54, 1.807) is 0 Å². The fraction of sp³-hybridized carbons (Fsp3) is 0. The first kappa shape index (κ1) is 9.57. The van der Waals surface area contributed by atoms with Crippen molar-refractivity contribution in [3.63, 3.8) is 0 Å². The Hall–Kier alpha value is -1.43. The Balaban J connectivity index is 0.000000292. The number of aromatic nitrogens is 1. The third-order valence-corrected chi connectivity index (χ3v) is 1.24. The minimum Gasteiger partial charge on any atom is -0.483 e. The molecule has 1 aromatic heterocycles. The van der Waals surface area contributed by atoms with Crippen LogP contribution < -0.4 is 0 Å². The van der Waals surface area contributed by atoms with Gasteiger partial charge in [-0.1, -0.05) is 0 Å². The number of carboxylic acid groups (broad SMARTS) is 2. The molecular weight excluding hydrogens is 170 g/mol. The van der Waals surface area contributed by atoms with Crippen LogP contribution in [0, 0.1) is 0 Å². The molecule has 2 N–H and O–H groups in total.